The highest BCUT2D eigenvalue weighted by Crippen LogP contribution is 2.14. The van der Waals surface area contributed by atoms with Crippen molar-refractivity contribution in [2.45, 2.75) is 13.8 Å². The summed E-state index contributed by atoms with van der Waals surface area (Å²) >= 11 is 0. The molecule has 0 aliphatic rings. The molecule has 0 fully saturated rings. The molecule has 0 spiro atoms. The number of rotatable bonds is 1. The second-order valence-electron chi connectivity index (χ2n) is 4.03. The van der Waals surface area contributed by atoms with E-state index < -0.39 is 0 Å². The lowest BCUT2D eigenvalue weighted by atomic mass is 10.1. The normalized spacial score (nSPS) is 10.1. The lowest BCUT2D eigenvalue weighted by Crippen LogP contribution is -2.37. The zero-order chi connectivity index (χ0) is 11.7. The molecule has 3 nitrogen and oxygen atoms in total. The molecule has 0 saturated heterocycles. The van der Waals surface area contributed by atoms with Crippen molar-refractivity contribution in [3.63, 3.8) is 0 Å². The second kappa shape index (κ2) is 3.82. The van der Waals surface area contributed by atoms with Crippen LogP contribution in [0.5, 0.6) is 0 Å². The minimum atomic E-state index is 0.702. The van der Waals surface area contributed by atoms with Crippen LogP contribution in [0.2, 0.25) is 0 Å². The molecule has 0 N–H and O–H groups in total. The molecule has 2 aromatic rings. The molecular weight excluding hydrogens is 198 g/mol. The molecule has 80 valence electrons. The van der Waals surface area contributed by atoms with Crippen LogP contribution in [0.15, 0.2) is 30.6 Å². The van der Waals surface area contributed by atoms with E-state index in [1.54, 1.807) is 0 Å². The fourth-order valence-corrected chi connectivity index (χ4v) is 1.90. The van der Waals surface area contributed by atoms with E-state index in [9.17, 15) is 0 Å². The number of benzene rings is 1. The Bertz CT molecular complexity index is 573. The summed E-state index contributed by atoms with van der Waals surface area (Å²) < 4.78 is 4.11. The first-order valence-electron chi connectivity index (χ1n) is 5.18. The van der Waals surface area contributed by atoms with E-state index in [1.165, 1.54) is 5.56 Å². The summed E-state index contributed by atoms with van der Waals surface area (Å²) in [6.07, 6.45) is 4.14. The minimum Gasteiger partial charge on any atom is -0.192 e. The number of hydrogen-bond acceptors (Lipinski definition) is 1. The standard InChI is InChI=1S/C13H14N3/c1-10-8-15(3)16(9-10)13-5-4-12(7-14)6-11(13)2/h4-6,8-9H,1-3H3/q+1. The van der Waals surface area contributed by atoms with Crippen LogP contribution in [0.3, 0.4) is 0 Å². The Kier molecular flexibility index (Phi) is 2.49. The van der Waals surface area contributed by atoms with Gasteiger partial charge < -0.3 is 0 Å². The Morgan fingerprint density at radius 1 is 1.31 bits per heavy atom. The van der Waals surface area contributed by atoms with E-state index >= 15 is 0 Å². The van der Waals surface area contributed by atoms with Gasteiger partial charge in [0.1, 0.15) is 5.69 Å². The fourth-order valence-electron chi connectivity index (χ4n) is 1.90. The van der Waals surface area contributed by atoms with Crippen LogP contribution in [0.4, 0.5) is 0 Å². The molecule has 0 radical (unpaired) electrons. The Morgan fingerprint density at radius 2 is 2.06 bits per heavy atom. The monoisotopic (exact) mass is 212 g/mol. The predicted octanol–water partition coefficient (Wildman–Crippen LogP) is 1.79. The molecule has 0 saturated carbocycles. The topological polar surface area (TPSA) is 32.6 Å². The average Bonchev–Trinajstić information content (AvgIpc) is 2.57. The Hall–Kier alpha value is -2.08. The molecule has 16 heavy (non-hydrogen) atoms. The molecule has 0 amide bonds. The van der Waals surface area contributed by atoms with E-state index in [4.69, 9.17) is 5.26 Å². The summed E-state index contributed by atoms with van der Waals surface area (Å²) in [5.41, 5.74) is 4.12. The number of nitriles is 1. The molecular formula is C13H14N3+. The van der Waals surface area contributed by atoms with Crippen molar-refractivity contribution in [2.75, 3.05) is 0 Å². The van der Waals surface area contributed by atoms with Crippen LogP contribution < -0.4 is 4.68 Å². The Morgan fingerprint density at radius 3 is 2.56 bits per heavy atom. The Labute approximate surface area is 95.2 Å². The van der Waals surface area contributed by atoms with Crippen LogP contribution in [-0.2, 0) is 7.05 Å². The first kappa shape index (κ1) is 10.4. The van der Waals surface area contributed by atoms with Crippen LogP contribution in [-0.4, -0.2) is 4.68 Å². The third kappa shape index (κ3) is 1.70. The van der Waals surface area contributed by atoms with E-state index in [-0.39, 0.29) is 0 Å². The lowest BCUT2D eigenvalue weighted by Gasteiger charge is -2.04. The molecule has 0 unspecified atom stereocenters. The summed E-state index contributed by atoms with van der Waals surface area (Å²) in [7, 11) is 2.00. The van der Waals surface area contributed by atoms with Gasteiger partial charge in [-0.1, -0.05) is 0 Å². The van der Waals surface area contributed by atoms with Gasteiger partial charge in [-0.15, -0.1) is 9.36 Å². The van der Waals surface area contributed by atoms with E-state index in [2.05, 4.69) is 30.1 Å². The number of aromatic nitrogens is 2. The van der Waals surface area contributed by atoms with Crippen molar-refractivity contribution < 1.29 is 4.68 Å². The van der Waals surface area contributed by atoms with Crippen molar-refractivity contribution in [1.29, 1.82) is 5.26 Å². The van der Waals surface area contributed by atoms with Crippen molar-refractivity contribution in [3.8, 4) is 11.8 Å². The summed E-state index contributed by atoms with van der Waals surface area (Å²) in [5, 5.41) is 8.82. The summed E-state index contributed by atoms with van der Waals surface area (Å²) in [6.45, 7) is 4.08. The first-order valence-corrected chi connectivity index (χ1v) is 5.18. The first-order chi connectivity index (χ1) is 7.61. The molecule has 1 heterocycles. The van der Waals surface area contributed by atoms with Crippen molar-refractivity contribution >= 4 is 0 Å². The van der Waals surface area contributed by atoms with Gasteiger partial charge in [-0.2, -0.15) is 5.26 Å². The van der Waals surface area contributed by atoms with Crippen molar-refractivity contribution in [2.24, 2.45) is 7.05 Å². The van der Waals surface area contributed by atoms with Crippen molar-refractivity contribution in [3.05, 3.63) is 47.3 Å². The van der Waals surface area contributed by atoms with Gasteiger partial charge in [0.15, 0.2) is 13.2 Å². The maximum Gasteiger partial charge on any atom is 0.198 e. The fraction of sp³-hybridized carbons (Fsp3) is 0.231. The quantitative estimate of drug-likeness (QED) is 0.663. The Balaban J connectivity index is 2.57. The van der Waals surface area contributed by atoms with E-state index in [0.29, 0.717) is 5.56 Å². The maximum atomic E-state index is 8.82. The van der Waals surface area contributed by atoms with Crippen LogP contribution >= 0.6 is 0 Å². The highest BCUT2D eigenvalue weighted by atomic mass is 15.4. The van der Waals surface area contributed by atoms with Gasteiger partial charge in [0.25, 0.3) is 0 Å². The molecule has 0 aliphatic heterocycles. The highest BCUT2D eigenvalue weighted by molar-refractivity contribution is 5.45. The SMILES string of the molecule is Cc1cn(-c2ccc(C#N)cc2C)[n+](C)c1. The zero-order valence-electron chi connectivity index (χ0n) is 9.73. The minimum absolute atomic E-state index is 0.702. The van der Waals surface area contributed by atoms with Gasteiger partial charge in [-0.25, -0.2) is 0 Å². The van der Waals surface area contributed by atoms with Crippen LogP contribution in [0.25, 0.3) is 5.69 Å². The van der Waals surface area contributed by atoms with Gasteiger partial charge >= 0.3 is 0 Å². The molecule has 1 aromatic carbocycles. The summed E-state index contributed by atoms with van der Waals surface area (Å²) in [6, 6.07) is 7.88. The van der Waals surface area contributed by atoms with Gasteiger partial charge in [0.05, 0.1) is 17.8 Å². The van der Waals surface area contributed by atoms with Crippen LogP contribution in [0.1, 0.15) is 16.7 Å². The molecule has 0 aliphatic carbocycles. The van der Waals surface area contributed by atoms with Gasteiger partial charge in [-0.3, -0.25) is 0 Å². The van der Waals surface area contributed by atoms with E-state index in [1.807, 2.05) is 36.9 Å². The number of nitrogens with zero attached hydrogens (tertiary/aromatic N) is 3. The van der Waals surface area contributed by atoms with Crippen molar-refractivity contribution in [1.82, 2.24) is 4.68 Å². The third-order valence-corrected chi connectivity index (χ3v) is 2.63. The van der Waals surface area contributed by atoms with E-state index in [0.717, 1.165) is 11.3 Å². The zero-order valence-corrected chi connectivity index (χ0v) is 9.73. The smallest absolute Gasteiger partial charge is 0.192 e. The summed E-state index contributed by atoms with van der Waals surface area (Å²) in [4.78, 5) is 0. The molecule has 0 bridgehead atoms. The number of aryl methyl sites for hydroxylation is 3. The van der Waals surface area contributed by atoms with Gasteiger partial charge in [0.2, 0.25) is 0 Å². The molecule has 3 heteroatoms. The maximum absolute atomic E-state index is 8.82. The molecule has 1 aromatic heterocycles. The third-order valence-electron chi connectivity index (χ3n) is 2.63. The van der Waals surface area contributed by atoms with Crippen LogP contribution in [0, 0.1) is 25.2 Å². The molecule has 0 atom stereocenters. The number of hydrogen-bond donors (Lipinski definition) is 0. The van der Waals surface area contributed by atoms with Gasteiger partial charge in [0, 0.05) is 5.56 Å². The van der Waals surface area contributed by atoms with Gasteiger partial charge in [-0.05, 0) is 37.6 Å². The highest BCUT2D eigenvalue weighted by Gasteiger charge is 2.10. The average molecular weight is 212 g/mol. The predicted molar refractivity (Wildman–Crippen MR) is 61.1 cm³/mol. The largest absolute Gasteiger partial charge is 0.198 e. The second-order valence-corrected chi connectivity index (χ2v) is 4.03. The lowest BCUT2D eigenvalue weighted by molar-refractivity contribution is -0.744. The molecule has 2 rings (SSSR count). The summed E-state index contributed by atoms with van der Waals surface area (Å²) in [5.74, 6) is 0.